The van der Waals surface area contributed by atoms with Gasteiger partial charge in [-0.25, -0.2) is 4.79 Å². The molecule has 3 aromatic rings. The van der Waals surface area contributed by atoms with Gasteiger partial charge in [0.05, 0.1) is 17.0 Å². The average molecular weight is 325 g/mol. The molecule has 0 aromatic carbocycles. The average Bonchev–Trinajstić information content (AvgIpc) is 3.08. The van der Waals surface area contributed by atoms with E-state index in [2.05, 4.69) is 9.97 Å². The predicted molar refractivity (Wildman–Crippen MR) is 88.2 cm³/mol. The molecular formula is C17H15N3O4. The molecule has 0 spiro atoms. The molecule has 3 aromatic heterocycles. The lowest BCUT2D eigenvalue weighted by Crippen LogP contribution is -2.10. The van der Waals surface area contributed by atoms with Gasteiger partial charge in [0, 0.05) is 11.6 Å². The molecule has 0 amide bonds. The summed E-state index contributed by atoms with van der Waals surface area (Å²) in [5.74, 6) is -1.06. The number of aromatic carboxylic acids is 1. The molecule has 0 bridgehead atoms. The lowest BCUT2D eigenvalue weighted by molar-refractivity contribution is 0.0698. The summed E-state index contributed by atoms with van der Waals surface area (Å²) >= 11 is 0. The van der Waals surface area contributed by atoms with Crippen LogP contribution in [0.5, 0.6) is 0 Å². The molecule has 0 saturated heterocycles. The second-order valence-corrected chi connectivity index (χ2v) is 6.10. The number of carbonyl (C=O) groups is 1. The highest BCUT2D eigenvalue weighted by Gasteiger charge is 2.21. The first-order valence-corrected chi connectivity index (χ1v) is 7.81. The number of rotatable bonds is 2. The van der Waals surface area contributed by atoms with Gasteiger partial charge in [-0.1, -0.05) is 12.8 Å². The topological polar surface area (TPSA) is 119 Å². The number of hydrogen-bond acceptors (Lipinski definition) is 6. The van der Waals surface area contributed by atoms with Crippen molar-refractivity contribution in [2.45, 2.75) is 31.6 Å². The first-order chi connectivity index (χ1) is 11.5. The van der Waals surface area contributed by atoms with E-state index in [9.17, 15) is 9.59 Å². The van der Waals surface area contributed by atoms with E-state index >= 15 is 0 Å². The molecule has 24 heavy (non-hydrogen) atoms. The number of carboxylic acids is 1. The Bertz CT molecular complexity index is 1040. The first-order valence-electron chi connectivity index (χ1n) is 7.81. The Hall–Kier alpha value is -2.96. The third kappa shape index (κ3) is 2.20. The number of fused-ring (bicyclic) bond motifs is 2. The molecule has 1 aliphatic rings. The number of anilines is 1. The third-order valence-electron chi connectivity index (χ3n) is 4.61. The molecular weight excluding hydrogens is 310 g/mol. The molecule has 0 atom stereocenters. The number of pyridine rings is 2. The summed E-state index contributed by atoms with van der Waals surface area (Å²) in [7, 11) is 0. The Labute approximate surface area is 136 Å². The van der Waals surface area contributed by atoms with Gasteiger partial charge in [0.2, 0.25) is 11.1 Å². The maximum absolute atomic E-state index is 12.8. The molecule has 1 aliphatic carbocycles. The molecule has 3 N–H and O–H groups in total. The quantitative estimate of drug-likeness (QED) is 0.695. The van der Waals surface area contributed by atoms with E-state index < -0.39 is 5.97 Å². The van der Waals surface area contributed by atoms with E-state index in [1.54, 1.807) is 6.07 Å². The van der Waals surface area contributed by atoms with E-state index in [0.717, 1.165) is 18.5 Å². The summed E-state index contributed by atoms with van der Waals surface area (Å²) in [4.78, 5) is 32.3. The Balaban J connectivity index is 1.99. The Morgan fingerprint density at radius 3 is 2.71 bits per heavy atom. The molecule has 7 nitrogen and oxygen atoms in total. The van der Waals surface area contributed by atoms with Crippen LogP contribution in [0.15, 0.2) is 27.5 Å². The highest BCUT2D eigenvalue weighted by Crippen LogP contribution is 2.34. The molecule has 0 aliphatic heterocycles. The molecule has 0 unspecified atom stereocenters. The summed E-state index contributed by atoms with van der Waals surface area (Å²) in [6.07, 6.45) is 6.01. The molecule has 122 valence electrons. The van der Waals surface area contributed by atoms with Gasteiger partial charge in [-0.05, 0) is 25.0 Å². The minimum atomic E-state index is -1.23. The molecule has 1 saturated carbocycles. The molecule has 3 heterocycles. The van der Waals surface area contributed by atoms with Crippen molar-refractivity contribution >= 4 is 33.9 Å². The van der Waals surface area contributed by atoms with E-state index in [1.165, 1.54) is 25.1 Å². The zero-order valence-corrected chi connectivity index (χ0v) is 12.8. The van der Waals surface area contributed by atoms with Crippen molar-refractivity contribution in [2.75, 3.05) is 5.73 Å². The second kappa shape index (κ2) is 5.30. The number of nitrogens with two attached hydrogens (primary N) is 1. The van der Waals surface area contributed by atoms with Crippen molar-refractivity contribution in [1.29, 1.82) is 0 Å². The van der Waals surface area contributed by atoms with Crippen molar-refractivity contribution in [1.82, 2.24) is 9.97 Å². The van der Waals surface area contributed by atoms with Crippen molar-refractivity contribution in [3.63, 3.8) is 0 Å². The van der Waals surface area contributed by atoms with Gasteiger partial charge in [0.1, 0.15) is 11.4 Å². The van der Waals surface area contributed by atoms with Gasteiger partial charge in [0.25, 0.3) is 0 Å². The SMILES string of the molecule is Nc1nc2oc3cnc(C4CCCC4)cc3c(=O)c2cc1C(=O)O. The normalized spacial score (nSPS) is 15.3. The van der Waals surface area contributed by atoms with Gasteiger partial charge in [0.15, 0.2) is 5.58 Å². The maximum Gasteiger partial charge on any atom is 0.339 e. The highest BCUT2D eigenvalue weighted by molar-refractivity contribution is 5.98. The monoisotopic (exact) mass is 325 g/mol. The van der Waals surface area contributed by atoms with Crippen LogP contribution in [-0.4, -0.2) is 21.0 Å². The fourth-order valence-electron chi connectivity index (χ4n) is 3.33. The van der Waals surface area contributed by atoms with E-state index in [1.807, 2.05) is 0 Å². The van der Waals surface area contributed by atoms with Crippen LogP contribution >= 0.6 is 0 Å². The number of carboxylic acid groups (broad SMARTS) is 1. The standard InChI is InChI=1S/C17H15N3O4/c18-15-11(17(22)23)5-10-14(21)9-6-12(8-3-1-2-4-8)19-7-13(9)24-16(10)20-15/h5-8H,1-4H2,(H2,18,20)(H,22,23). The summed E-state index contributed by atoms with van der Waals surface area (Å²) in [5.41, 5.74) is 6.32. The number of aromatic nitrogens is 2. The van der Waals surface area contributed by atoms with Crippen LogP contribution in [0.1, 0.15) is 47.7 Å². The van der Waals surface area contributed by atoms with Crippen molar-refractivity contribution in [3.05, 3.63) is 39.8 Å². The van der Waals surface area contributed by atoms with E-state index in [0.29, 0.717) is 16.9 Å². The molecule has 4 rings (SSSR count). The summed E-state index contributed by atoms with van der Waals surface area (Å²) in [6.45, 7) is 0. The summed E-state index contributed by atoms with van der Waals surface area (Å²) in [6, 6.07) is 2.98. The van der Waals surface area contributed by atoms with Crippen molar-refractivity contribution < 1.29 is 14.3 Å². The zero-order valence-electron chi connectivity index (χ0n) is 12.8. The van der Waals surface area contributed by atoms with E-state index in [-0.39, 0.29) is 27.9 Å². The summed E-state index contributed by atoms with van der Waals surface area (Å²) in [5, 5.41) is 9.65. The second-order valence-electron chi connectivity index (χ2n) is 6.10. The first kappa shape index (κ1) is 14.6. The Morgan fingerprint density at radius 1 is 1.25 bits per heavy atom. The smallest absolute Gasteiger partial charge is 0.339 e. The third-order valence-corrected chi connectivity index (χ3v) is 4.61. The van der Waals surface area contributed by atoms with Gasteiger partial charge < -0.3 is 15.3 Å². The zero-order chi connectivity index (χ0) is 16.8. The predicted octanol–water partition coefficient (Wildman–Crippen LogP) is 2.67. The lowest BCUT2D eigenvalue weighted by Gasteiger charge is -2.09. The van der Waals surface area contributed by atoms with Crippen molar-refractivity contribution in [3.8, 4) is 0 Å². The van der Waals surface area contributed by atoms with Crippen LogP contribution < -0.4 is 11.2 Å². The maximum atomic E-state index is 12.8. The van der Waals surface area contributed by atoms with Gasteiger partial charge in [-0.3, -0.25) is 9.78 Å². The number of nitrogens with zero attached hydrogens (tertiary/aromatic N) is 2. The highest BCUT2D eigenvalue weighted by atomic mass is 16.4. The minimum absolute atomic E-state index is 0.0189. The largest absolute Gasteiger partial charge is 0.478 e. The van der Waals surface area contributed by atoms with Crippen LogP contribution in [0, 0.1) is 0 Å². The molecule has 1 fully saturated rings. The molecule has 7 heteroatoms. The van der Waals surface area contributed by atoms with Crippen LogP contribution in [0.25, 0.3) is 22.1 Å². The van der Waals surface area contributed by atoms with Crippen LogP contribution in [0.3, 0.4) is 0 Å². The van der Waals surface area contributed by atoms with Gasteiger partial charge in [-0.2, -0.15) is 4.98 Å². The fraction of sp³-hybridized carbons (Fsp3) is 0.294. The van der Waals surface area contributed by atoms with Crippen molar-refractivity contribution in [2.24, 2.45) is 0 Å². The van der Waals surface area contributed by atoms with Gasteiger partial charge in [-0.15, -0.1) is 0 Å². The number of hydrogen-bond donors (Lipinski definition) is 2. The van der Waals surface area contributed by atoms with Gasteiger partial charge >= 0.3 is 5.97 Å². The fourth-order valence-corrected chi connectivity index (χ4v) is 3.33. The van der Waals surface area contributed by atoms with Crippen LogP contribution in [0.2, 0.25) is 0 Å². The number of nitrogen functional groups attached to an aromatic ring is 1. The lowest BCUT2D eigenvalue weighted by atomic mass is 10.0. The van der Waals surface area contributed by atoms with Crippen LogP contribution in [-0.2, 0) is 0 Å². The Kier molecular flexibility index (Phi) is 3.23. The minimum Gasteiger partial charge on any atom is -0.478 e. The van der Waals surface area contributed by atoms with E-state index in [4.69, 9.17) is 15.3 Å². The summed E-state index contributed by atoms with van der Waals surface area (Å²) < 4.78 is 5.61. The van der Waals surface area contributed by atoms with Crippen LogP contribution in [0.4, 0.5) is 5.82 Å². The Morgan fingerprint density at radius 2 is 2.00 bits per heavy atom. The molecule has 0 radical (unpaired) electrons.